The summed E-state index contributed by atoms with van der Waals surface area (Å²) in [5.74, 6) is 1.53. The van der Waals surface area contributed by atoms with Gasteiger partial charge in [-0.25, -0.2) is 0 Å². The van der Waals surface area contributed by atoms with Crippen molar-refractivity contribution in [3.63, 3.8) is 0 Å². The highest BCUT2D eigenvalue weighted by atomic mass is 16.5. The molecule has 0 fully saturated rings. The highest BCUT2D eigenvalue weighted by Gasteiger charge is 2.16. The van der Waals surface area contributed by atoms with E-state index in [1.807, 2.05) is 0 Å². The number of rotatable bonds is 36. The van der Waals surface area contributed by atoms with Crippen LogP contribution >= 0.6 is 0 Å². The molecule has 62 heavy (non-hydrogen) atoms. The minimum absolute atomic E-state index is 0.0886. The summed E-state index contributed by atoms with van der Waals surface area (Å²) >= 11 is 0. The SMILES string of the molecule is CCCCCCCCOc1ccc(C(=O)Nc2ccc(NC(=O)c3ccc(OCCCCCCCC)c(OCCCCCCCC)c3)c(=O)cc2)cc1OCCCCCCCC. The Morgan fingerprint density at radius 2 is 0.726 bits per heavy atom. The first-order valence-electron chi connectivity index (χ1n) is 24.5. The standard InChI is InChI=1S/C53H80N2O7/c1-5-9-13-17-21-25-37-59-48-35-29-43(41-50(48)61-39-27-23-19-15-11-7-3)52(57)54-45-31-33-46(47(56)34-32-45)55-53(58)44-30-36-49(60-38-26-22-18-14-10-6-2)51(42-44)62-40-28-24-20-16-12-8-4/h29-36,41-42H,5-28,37-40H2,1-4H3,(H,54,57)(H,55,56,58). The summed E-state index contributed by atoms with van der Waals surface area (Å²) in [6.45, 7) is 11.1. The molecule has 0 saturated heterocycles. The molecule has 0 aliphatic carbocycles. The van der Waals surface area contributed by atoms with E-state index in [9.17, 15) is 14.4 Å². The van der Waals surface area contributed by atoms with Crippen LogP contribution in [0.3, 0.4) is 0 Å². The minimum Gasteiger partial charge on any atom is -0.490 e. The summed E-state index contributed by atoms with van der Waals surface area (Å²) in [7, 11) is 0. The third kappa shape index (κ3) is 21.5. The average Bonchev–Trinajstić information content (AvgIpc) is 3.45. The van der Waals surface area contributed by atoms with Crippen LogP contribution in [0.4, 0.5) is 11.4 Å². The van der Waals surface area contributed by atoms with Gasteiger partial charge >= 0.3 is 0 Å². The van der Waals surface area contributed by atoms with E-state index in [-0.39, 0.29) is 11.6 Å². The van der Waals surface area contributed by atoms with Gasteiger partial charge in [0.2, 0.25) is 5.43 Å². The van der Waals surface area contributed by atoms with Crippen LogP contribution in [0.15, 0.2) is 65.5 Å². The molecule has 2 amide bonds. The number of anilines is 2. The summed E-state index contributed by atoms with van der Waals surface area (Å²) in [5, 5.41) is 5.68. The molecule has 9 heteroatoms. The van der Waals surface area contributed by atoms with Crippen LogP contribution in [-0.4, -0.2) is 38.2 Å². The van der Waals surface area contributed by atoms with Crippen molar-refractivity contribution in [1.82, 2.24) is 0 Å². The molecule has 3 aromatic carbocycles. The Hall–Kier alpha value is -4.53. The predicted molar refractivity (Wildman–Crippen MR) is 257 cm³/mol. The molecule has 0 saturated carbocycles. The van der Waals surface area contributed by atoms with Gasteiger partial charge in [-0.3, -0.25) is 14.4 Å². The Balaban J connectivity index is 1.67. The molecule has 0 spiro atoms. The van der Waals surface area contributed by atoms with Crippen LogP contribution in [0, 0.1) is 0 Å². The van der Waals surface area contributed by atoms with E-state index < -0.39 is 11.3 Å². The summed E-state index contributed by atoms with van der Waals surface area (Å²) < 4.78 is 24.7. The van der Waals surface area contributed by atoms with E-state index in [1.54, 1.807) is 42.5 Å². The molecule has 0 unspecified atom stereocenters. The lowest BCUT2D eigenvalue weighted by Gasteiger charge is -2.14. The van der Waals surface area contributed by atoms with E-state index in [4.69, 9.17) is 18.9 Å². The zero-order valence-corrected chi connectivity index (χ0v) is 38.9. The molecule has 0 aliphatic heterocycles. The van der Waals surface area contributed by atoms with Crippen molar-refractivity contribution in [3.8, 4) is 23.0 Å². The third-order valence-corrected chi connectivity index (χ3v) is 11.0. The van der Waals surface area contributed by atoms with Gasteiger partial charge in [0.05, 0.1) is 32.1 Å². The molecule has 2 N–H and O–H groups in total. The Morgan fingerprint density at radius 1 is 0.387 bits per heavy atom. The maximum atomic E-state index is 13.6. The van der Waals surface area contributed by atoms with Crippen LogP contribution in [0.1, 0.15) is 203 Å². The molecule has 0 aliphatic rings. The van der Waals surface area contributed by atoms with Crippen molar-refractivity contribution >= 4 is 23.2 Å². The average molecular weight is 857 g/mol. The fraction of sp³-hybridized carbons (Fsp3) is 0.604. The summed E-state index contributed by atoms with van der Waals surface area (Å²) in [4.78, 5) is 40.3. The van der Waals surface area contributed by atoms with E-state index in [0.29, 0.717) is 66.2 Å². The van der Waals surface area contributed by atoms with Crippen LogP contribution < -0.4 is 35.0 Å². The highest BCUT2D eigenvalue weighted by Crippen LogP contribution is 2.31. The normalized spacial score (nSPS) is 11.0. The quantitative estimate of drug-likeness (QED) is 0.0560. The number of hydrogen-bond acceptors (Lipinski definition) is 7. The second-order valence-corrected chi connectivity index (χ2v) is 16.6. The number of benzene rings is 2. The second kappa shape index (κ2) is 33.1. The summed E-state index contributed by atoms with van der Waals surface area (Å²) in [5.41, 5.74) is 0.859. The summed E-state index contributed by atoms with van der Waals surface area (Å²) in [6.07, 6.45) is 27.8. The lowest BCUT2D eigenvalue weighted by atomic mass is 10.1. The Kier molecular flexibility index (Phi) is 27.7. The topological polar surface area (TPSA) is 112 Å². The van der Waals surface area contributed by atoms with Crippen LogP contribution in [0.5, 0.6) is 23.0 Å². The van der Waals surface area contributed by atoms with Crippen molar-refractivity contribution in [2.24, 2.45) is 0 Å². The van der Waals surface area contributed by atoms with Crippen molar-refractivity contribution in [2.75, 3.05) is 37.1 Å². The fourth-order valence-electron chi connectivity index (χ4n) is 7.17. The van der Waals surface area contributed by atoms with Crippen molar-refractivity contribution < 1.29 is 28.5 Å². The van der Waals surface area contributed by atoms with E-state index in [1.165, 1.54) is 121 Å². The van der Waals surface area contributed by atoms with Gasteiger partial charge in [-0.2, -0.15) is 0 Å². The molecule has 3 aromatic rings. The van der Waals surface area contributed by atoms with Gasteiger partial charge in [-0.05, 0) is 86.3 Å². The van der Waals surface area contributed by atoms with Gasteiger partial charge in [-0.15, -0.1) is 0 Å². The first kappa shape index (κ1) is 51.8. The lowest BCUT2D eigenvalue weighted by Crippen LogP contribution is -2.17. The smallest absolute Gasteiger partial charge is 0.255 e. The van der Waals surface area contributed by atoms with E-state index in [0.717, 1.165) is 51.4 Å². The van der Waals surface area contributed by atoms with Crippen molar-refractivity contribution in [1.29, 1.82) is 0 Å². The Bertz CT molecular complexity index is 1750. The van der Waals surface area contributed by atoms with Gasteiger partial charge in [0.15, 0.2) is 23.0 Å². The molecule has 3 rings (SSSR count). The Morgan fingerprint density at radius 3 is 1.13 bits per heavy atom. The fourth-order valence-corrected chi connectivity index (χ4v) is 7.17. The first-order valence-corrected chi connectivity index (χ1v) is 24.5. The van der Waals surface area contributed by atoms with Gasteiger partial charge in [0.25, 0.3) is 11.8 Å². The van der Waals surface area contributed by atoms with Crippen LogP contribution in [0.2, 0.25) is 0 Å². The van der Waals surface area contributed by atoms with Gasteiger partial charge in [0.1, 0.15) is 0 Å². The molecular formula is C53H80N2O7. The molecule has 0 aromatic heterocycles. The number of unbranched alkanes of at least 4 members (excludes halogenated alkanes) is 20. The number of ether oxygens (including phenoxy) is 4. The zero-order valence-electron chi connectivity index (χ0n) is 38.9. The molecule has 344 valence electrons. The lowest BCUT2D eigenvalue weighted by molar-refractivity contribution is 0.101. The van der Waals surface area contributed by atoms with Crippen LogP contribution in [-0.2, 0) is 0 Å². The minimum atomic E-state index is -0.446. The molecule has 0 heterocycles. The highest BCUT2D eigenvalue weighted by molar-refractivity contribution is 6.05. The summed E-state index contributed by atoms with van der Waals surface area (Å²) in [6, 6.07) is 16.4. The second-order valence-electron chi connectivity index (χ2n) is 16.6. The maximum absolute atomic E-state index is 13.6. The van der Waals surface area contributed by atoms with Gasteiger partial charge in [-0.1, -0.05) is 156 Å². The molecule has 9 nitrogen and oxygen atoms in total. The first-order chi connectivity index (χ1) is 30.4. The van der Waals surface area contributed by atoms with E-state index in [2.05, 4.69) is 38.3 Å². The van der Waals surface area contributed by atoms with E-state index >= 15 is 0 Å². The zero-order chi connectivity index (χ0) is 44.5. The monoisotopic (exact) mass is 857 g/mol. The maximum Gasteiger partial charge on any atom is 0.255 e. The van der Waals surface area contributed by atoms with Gasteiger partial charge in [0, 0.05) is 16.8 Å². The number of carbonyl (C=O) groups excluding carboxylic acids is 2. The third-order valence-electron chi connectivity index (χ3n) is 11.0. The predicted octanol–water partition coefficient (Wildman–Crippen LogP) is 14.5. The van der Waals surface area contributed by atoms with Crippen molar-refractivity contribution in [2.45, 2.75) is 182 Å². The molecular weight excluding hydrogens is 777 g/mol. The Labute approximate surface area is 374 Å². The molecule has 0 bridgehead atoms. The van der Waals surface area contributed by atoms with Gasteiger partial charge < -0.3 is 29.6 Å². The molecule has 0 radical (unpaired) electrons. The van der Waals surface area contributed by atoms with Crippen molar-refractivity contribution in [3.05, 3.63) is 82.0 Å². The van der Waals surface area contributed by atoms with Crippen LogP contribution in [0.25, 0.3) is 0 Å². The largest absolute Gasteiger partial charge is 0.490 e. The number of carbonyl (C=O) groups is 2. The number of amides is 2. The molecule has 0 atom stereocenters. The number of hydrogen-bond donors (Lipinski definition) is 2. The number of nitrogens with one attached hydrogen (secondary N) is 2.